The second-order valence-corrected chi connectivity index (χ2v) is 6.27. The van der Waals surface area contributed by atoms with E-state index in [1.165, 1.54) is 24.8 Å². The first-order valence-corrected chi connectivity index (χ1v) is 7.38. The lowest BCUT2D eigenvalue weighted by atomic mass is 9.64. The van der Waals surface area contributed by atoms with Crippen LogP contribution in [0.15, 0.2) is 30.3 Å². The van der Waals surface area contributed by atoms with E-state index in [-0.39, 0.29) is 12.1 Å². The average Bonchev–Trinajstić information content (AvgIpc) is 2.41. The molecule has 2 atom stereocenters. The fourth-order valence-corrected chi connectivity index (χ4v) is 3.93. The van der Waals surface area contributed by atoms with Gasteiger partial charge in [0.2, 0.25) is 0 Å². The molecule has 0 aromatic heterocycles. The molecule has 2 bridgehead atoms. The summed E-state index contributed by atoms with van der Waals surface area (Å²) in [4.78, 5) is 2.52. The smallest absolute Gasteiger partial charge is 0.0617 e. The maximum absolute atomic E-state index is 9.69. The number of aliphatic hydroxyl groups is 1. The van der Waals surface area contributed by atoms with Crippen molar-refractivity contribution < 1.29 is 5.11 Å². The van der Waals surface area contributed by atoms with Crippen molar-refractivity contribution in [2.45, 2.75) is 31.3 Å². The maximum Gasteiger partial charge on any atom is 0.0617 e. The van der Waals surface area contributed by atoms with Gasteiger partial charge in [-0.3, -0.25) is 4.90 Å². The molecule has 3 nitrogen and oxygen atoms in total. The fourth-order valence-electron chi connectivity index (χ4n) is 3.93. The molecule has 0 radical (unpaired) electrons. The number of rotatable bonds is 3. The van der Waals surface area contributed by atoms with Gasteiger partial charge in [-0.05, 0) is 30.2 Å². The molecule has 3 heteroatoms. The summed E-state index contributed by atoms with van der Waals surface area (Å²) >= 11 is 0. The second kappa shape index (κ2) is 5.23. The summed E-state index contributed by atoms with van der Waals surface area (Å²) in [6.07, 6.45) is 3.60. The van der Waals surface area contributed by atoms with Crippen LogP contribution in [0.1, 0.15) is 24.8 Å². The zero-order valence-electron chi connectivity index (χ0n) is 11.5. The van der Waals surface area contributed by atoms with Gasteiger partial charge in [-0.2, -0.15) is 0 Å². The van der Waals surface area contributed by atoms with Crippen LogP contribution in [0.25, 0.3) is 0 Å². The molecule has 2 aliphatic rings. The highest BCUT2D eigenvalue weighted by Gasteiger charge is 2.48. The fraction of sp³-hybridized carbons (Fsp3) is 0.625. The van der Waals surface area contributed by atoms with E-state index >= 15 is 0 Å². The summed E-state index contributed by atoms with van der Waals surface area (Å²) in [5.74, 6) is 0.905. The van der Waals surface area contributed by atoms with Gasteiger partial charge in [-0.25, -0.2) is 0 Å². The Kier molecular flexibility index (Phi) is 3.61. The molecular formula is C16H24N2O. The third kappa shape index (κ3) is 2.42. The number of benzene rings is 1. The lowest BCUT2D eigenvalue weighted by molar-refractivity contribution is -0.0323. The maximum atomic E-state index is 9.69. The lowest BCUT2D eigenvalue weighted by Gasteiger charge is -2.53. The predicted molar refractivity (Wildman–Crippen MR) is 76.6 cm³/mol. The van der Waals surface area contributed by atoms with Crippen LogP contribution in [0.2, 0.25) is 0 Å². The lowest BCUT2D eigenvalue weighted by Crippen LogP contribution is -2.66. The second-order valence-electron chi connectivity index (χ2n) is 6.27. The van der Waals surface area contributed by atoms with Gasteiger partial charge in [0, 0.05) is 25.2 Å². The van der Waals surface area contributed by atoms with Crippen molar-refractivity contribution in [1.29, 1.82) is 0 Å². The number of hydrogen-bond acceptors (Lipinski definition) is 3. The Labute approximate surface area is 115 Å². The molecule has 2 unspecified atom stereocenters. The molecule has 2 fully saturated rings. The average molecular weight is 260 g/mol. The van der Waals surface area contributed by atoms with Gasteiger partial charge >= 0.3 is 0 Å². The highest BCUT2D eigenvalue weighted by atomic mass is 16.3. The number of aliphatic hydroxyl groups excluding tert-OH is 1. The van der Waals surface area contributed by atoms with Crippen LogP contribution in [0.4, 0.5) is 0 Å². The summed E-state index contributed by atoms with van der Waals surface area (Å²) in [7, 11) is 0. The van der Waals surface area contributed by atoms with Crippen LogP contribution >= 0.6 is 0 Å². The van der Waals surface area contributed by atoms with Crippen molar-refractivity contribution in [3.05, 3.63) is 35.9 Å². The van der Waals surface area contributed by atoms with Crippen molar-refractivity contribution in [3.63, 3.8) is 0 Å². The highest BCUT2D eigenvalue weighted by Crippen LogP contribution is 2.41. The van der Waals surface area contributed by atoms with Gasteiger partial charge in [0.15, 0.2) is 0 Å². The van der Waals surface area contributed by atoms with Crippen molar-refractivity contribution in [3.8, 4) is 0 Å². The number of piperidine rings is 1. The number of nitrogens with two attached hydrogens (primary N) is 1. The predicted octanol–water partition coefficient (Wildman–Crippen LogP) is 1.61. The summed E-state index contributed by atoms with van der Waals surface area (Å²) in [6, 6.07) is 10.6. The zero-order valence-corrected chi connectivity index (χ0v) is 11.5. The molecule has 19 heavy (non-hydrogen) atoms. The van der Waals surface area contributed by atoms with E-state index < -0.39 is 0 Å². The first-order valence-electron chi connectivity index (χ1n) is 7.38. The van der Waals surface area contributed by atoms with E-state index in [1.807, 2.05) is 0 Å². The Morgan fingerprint density at radius 1 is 1.16 bits per heavy atom. The Morgan fingerprint density at radius 3 is 2.37 bits per heavy atom. The van der Waals surface area contributed by atoms with Gasteiger partial charge in [0.1, 0.15) is 0 Å². The SMILES string of the molecule is NC1(CO)C2CCCC1CN(Cc1ccccc1)C2. The molecule has 104 valence electrons. The molecule has 0 amide bonds. The largest absolute Gasteiger partial charge is 0.394 e. The number of fused-ring (bicyclic) bond motifs is 2. The standard InChI is InChI=1S/C16H24N2O/c17-16(12-19)14-7-4-8-15(16)11-18(10-14)9-13-5-2-1-3-6-13/h1-3,5-6,14-15,19H,4,7-12,17H2. The molecule has 3 N–H and O–H groups in total. The topological polar surface area (TPSA) is 49.5 Å². The molecule has 1 aliphatic heterocycles. The van der Waals surface area contributed by atoms with E-state index in [9.17, 15) is 5.11 Å². The van der Waals surface area contributed by atoms with Gasteiger partial charge < -0.3 is 10.8 Å². The van der Waals surface area contributed by atoms with Crippen molar-refractivity contribution >= 4 is 0 Å². The minimum Gasteiger partial charge on any atom is -0.394 e. The van der Waals surface area contributed by atoms with E-state index in [0.717, 1.165) is 19.6 Å². The number of nitrogens with zero attached hydrogens (tertiary/aromatic N) is 1. The first kappa shape index (κ1) is 13.1. The van der Waals surface area contributed by atoms with Crippen LogP contribution in [0, 0.1) is 11.8 Å². The third-order valence-electron chi connectivity index (χ3n) is 5.11. The molecule has 3 rings (SSSR count). The molecule has 0 spiro atoms. The van der Waals surface area contributed by atoms with Crippen molar-refractivity contribution in [2.24, 2.45) is 17.6 Å². The molecule has 1 aromatic carbocycles. The molecule has 1 aliphatic carbocycles. The van der Waals surface area contributed by atoms with E-state index in [4.69, 9.17) is 5.73 Å². The highest BCUT2D eigenvalue weighted by molar-refractivity contribution is 5.15. The zero-order chi connectivity index (χ0) is 13.3. The quantitative estimate of drug-likeness (QED) is 0.868. The van der Waals surface area contributed by atoms with Gasteiger partial charge in [-0.1, -0.05) is 36.8 Å². The van der Waals surface area contributed by atoms with Gasteiger partial charge in [-0.15, -0.1) is 0 Å². The van der Waals surface area contributed by atoms with Crippen molar-refractivity contribution in [2.75, 3.05) is 19.7 Å². The summed E-state index contributed by atoms with van der Waals surface area (Å²) in [6.45, 7) is 3.21. The summed E-state index contributed by atoms with van der Waals surface area (Å²) in [5.41, 5.74) is 7.53. The molecule has 1 heterocycles. The molecule has 1 aromatic rings. The van der Waals surface area contributed by atoms with E-state index in [0.29, 0.717) is 11.8 Å². The molecule has 1 saturated carbocycles. The Bertz CT molecular complexity index is 406. The minimum absolute atomic E-state index is 0.140. The van der Waals surface area contributed by atoms with Crippen LogP contribution in [-0.4, -0.2) is 35.2 Å². The molecule has 1 saturated heterocycles. The summed E-state index contributed by atoms with van der Waals surface area (Å²) in [5, 5.41) is 9.69. The Hall–Kier alpha value is -0.900. The monoisotopic (exact) mass is 260 g/mol. The third-order valence-corrected chi connectivity index (χ3v) is 5.11. The molecular weight excluding hydrogens is 236 g/mol. The van der Waals surface area contributed by atoms with Gasteiger partial charge in [0.25, 0.3) is 0 Å². The number of likely N-dealkylation sites (tertiary alicyclic amines) is 1. The minimum atomic E-state index is -0.328. The summed E-state index contributed by atoms with van der Waals surface area (Å²) < 4.78 is 0. The number of hydrogen-bond donors (Lipinski definition) is 2. The van der Waals surface area contributed by atoms with Crippen LogP contribution in [0.3, 0.4) is 0 Å². The Morgan fingerprint density at radius 2 is 1.79 bits per heavy atom. The Balaban J connectivity index is 1.71. The van der Waals surface area contributed by atoms with E-state index in [1.54, 1.807) is 0 Å². The van der Waals surface area contributed by atoms with Crippen molar-refractivity contribution in [1.82, 2.24) is 4.90 Å². The van der Waals surface area contributed by atoms with Crippen LogP contribution < -0.4 is 5.73 Å². The normalized spacial score (nSPS) is 35.3. The van der Waals surface area contributed by atoms with Crippen LogP contribution in [0.5, 0.6) is 0 Å². The van der Waals surface area contributed by atoms with E-state index in [2.05, 4.69) is 35.2 Å². The van der Waals surface area contributed by atoms with Gasteiger partial charge in [0.05, 0.1) is 6.61 Å². The van der Waals surface area contributed by atoms with Crippen LogP contribution in [-0.2, 0) is 6.54 Å². The first-order chi connectivity index (χ1) is 9.22.